The van der Waals surface area contributed by atoms with E-state index in [1.54, 1.807) is 0 Å². The number of carboxylic acids is 1. The molecule has 0 aromatic heterocycles. The van der Waals surface area contributed by atoms with E-state index in [0.717, 1.165) is 19.3 Å². The van der Waals surface area contributed by atoms with Gasteiger partial charge in [0.2, 0.25) is 0 Å². The van der Waals surface area contributed by atoms with Crippen LogP contribution < -0.4 is 34.7 Å². The normalized spacial score (nSPS) is 11.4. The van der Waals surface area contributed by atoms with Crippen molar-refractivity contribution in [3.05, 3.63) is 0 Å². The SMILES string of the molecule is CCCCCCC(C)OC(=O)CCC(=O)[O-].[Na+]. The summed E-state index contributed by atoms with van der Waals surface area (Å²) in [6.07, 6.45) is 4.94. The fraction of sp³-hybridized carbons (Fsp3) is 0.833. The van der Waals surface area contributed by atoms with Crippen LogP contribution in [0, 0.1) is 0 Å². The van der Waals surface area contributed by atoms with Crippen LogP contribution in [0.3, 0.4) is 0 Å². The van der Waals surface area contributed by atoms with Crippen molar-refractivity contribution >= 4 is 11.9 Å². The Morgan fingerprint density at radius 2 is 1.82 bits per heavy atom. The molecule has 0 aliphatic rings. The minimum absolute atomic E-state index is 0. The molecular formula is C12H21NaO4. The molecule has 17 heavy (non-hydrogen) atoms. The first kappa shape index (κ1) is 19.3. The van der Waals surface area contributed by atoms with Crippen LogP contribution in [0.25, 0.3) is 0 Å². The van der Waals surface area contributed by atoms with Gasteiger partial charge in [0.1, 0.15) is 0 Å². The summed E-state index contributed by atoms with van der Waals surface area (Å²) in [4.78, 5) is 21.2. The third-order valence-corrected chi connectivity index (χ3v) is 2.33. The molecule has 0 aliphatic carbocycles. The molecule has 0 amide bonds. The molecule has 0 N–H and O–H groups in total. The maximum Gasteiger partial charge on any atom is 1.00 e. The summed E-state index contributed by atoms with van der Waals surface area (Å²) in [5.41, 5.74) is 0. The Balaban J connectivity index is 0. The molecule has 0 aromatic rings. The van der Waals surface area contributed by atoms with E-state index < -0.39 is 11.9 Å². The minimum Gasteiger partial charge on any atom is -0.550 e. The molecule has 1 unspecified atom stereocenters. The predicted molar refractivity (Wildman–Crippen MR) is 58.6 cm³/mol. The summed E-state index contributed by atoms with van der Waals surface area (Å²) in [6, 6.07) is 0. The summed E-state index contributed by atoms with van der Waals surface area (Å²) in [7, 11) is 0. The molecule has 0 saturated heterocycles. The van der Waals surface area contributed by atoms with Gasteiger partial charge in [-0.15, -0.1) is 0 Å². The maximum atomic E-state index is 11.1. The fourth-order valence-corrected chi connectivity index (χ4v) is 1.40. The molecule has 0 spiro atoms. The maximum absolute atomic E-state index is 11.1. The van der Waals surface area contributed by atoms with Crippen molar-refractivity contribution in [2.24, 2.45) is 0 Å². The van der Waals surface area contributed by atoms with Gasteiger partial charge in [-0.1, -0.05) is 26.2 Å². The average molecular weight is 252 g/mol. The van der Waals surface area contributed by atoms with Crippen molar-refractivity contribution in [3.8, 4) is 0 Å². The number of aliphatic carboxylic acids is 1. The molecule has 94 valence electrons. The Bertz CT molecular complexity index is 219. The summed E-state index contributed by atoms with van der Waals surface area (Å²) < 4.78 is 5.05. The van der Waals surface area contributed by atoms with Crippen LogP contribution in [0.2, 0.25) is 0 Å². The van der Waals surface area contributed by atoms with Gasteiger partial charge in [0.25, 0.3) is 0 Å². The molecule has 4 nitrogen and oxygen atoms in total. The standard InChI is InChI=1S/C12H22O4.Na/c1-3-4-5-6-7-10(2)16-12(15)9-8-11(13)14;/h10H,3-9H2,1-2H3,(H,13,14);/q;+1/p-1. The Hall–Kier alpha value is -0.0600. The number of ether oxygens (including phenoxy) is 1. The Morgan fingerprint density at radius 1 is 1.18 bits per heavy atom. The smallest absolute Gasteiger partial charge is 0.550 e. The number of hydrogen-bond acceptors (Lipinski definition) is 4. The number of rotatable bonds is 9. The van der Waals surface area contributed by atoms with Gasteiger partial charge < -0.3 is 14.6 Å². The molecule has 0 saturated carbocycles. The van der Waals surface area contributed by atoms with Crippen molar-refractivity contribution < 1.29 is 49.0 Å². The topological polar surface area (TPSA) is 66.4 Å². The van der Waals surface area contributed by atoms with Crippen LogP contribution in [0.15, 0.2) is 0 Å². The third-order valence-electron chi connectivity index (χ3n) is 2.33. The number of carbonyl (C=O) groups is 2. The van der Waals surface area contributed by atoms with Gasteiger partial charge >= 0.3 is 35.5 Å². The van der Waals surface area contributed by atoms with E-state index in [9.17, 15) is 14.7 Å². The third kappa shape index (κ3) is 13.9. The molecule has 0 fully saturated rings. The molecule has 0 aromatic carbocycles. The van der Waals surface area contributed by atoms with Crippen molar-refractivity contribution in [2.45, 2.75) is 64.9 Å². The first-order valence-electron chi connectivity index (χ1n) is 5.95. The molecule has 0 bridgehead atoms. The van der Waals surface area contributed by atoms with Gasteiger partial charge in [-0.05, 0) is 26.2 Å². The molecule has 0 radical (unpaired) electrons. The van der Waals surface area contributed by atoms with E-state index in [2.05, 4.69) is 6.92 Å². The second-order valence-electron chi connectivity index (χ2n) is 4.02. The van der Waals surface area contributed by atoms with Crippen LogP contribution in [-0.4, -0.2) is 18.0 Å². The Kier molecular flexibility index (Phi) is 14.1. The quantitative estimate of drug-likeness (QED) is 0.282. The second kappa shape index (κ2) is 12.4. The summed E-state index contributed by atoms with van der Waals surface area (Å²) in [6.45, 7) is 3.98. The first-order chi connectivity index (χ1) is 7.56. The van der Waals surface area contributed by atoms with E-state index in [-0.39, 0.29) is 48.5 Å². The number of carboxylic acid groups (broad SMARTS) is 1. The first-order valence-corrected chi connectivity index (χ1v) is 5.95. The monoisotopic (exact) mass is 252 g/mol. The average Bonchev–Trinajstić information content (AvgIpc) is 2.21. The molecule has 0 aliphatic heterocycles. The van der Waals surface area contributed by atoms with E-state index in [4.69, 9.17) is 4.74 Å². The Morgan fingerprint density at radius 3 is 2.35 bits per heavy atom. The van der Waals surface area contributed by atoms with Crippen LogP contribution in [0.4, 0.5) is 0 Å². The minimum atomic E-state index is -1.22. The van der Waals surface area contributed by atoms with E-state index in [1.807, 2.05) is 6.92 Å². The van der Waals surface area contributed by atoms with Crippen LogP contribution in [-0.2, 0) is 14.3 Å². The van der Waals surface area contributed by atoms with Crippen LogP contribution >= 0.6 is 0 Å². The van der Waals surface area contributed by atoms with Gasteiger partial charge in [0, 0.05) is 5.97 Å². The largest absolute Gasteiger partial charge is 1.00 e. The van der Waals surface area contributed by atoms with Crippen molar-refractivity contribution in [1.82, 2.24) is 0 Å². The van der Waals surface area contributed by atoms with Gasteiger partial charge in [0.15, 0.2) is 0 Å². The summed E-state index contributed by atoms with van der Waals surface area (Å²) in [5, 5.41) is 10.1. The number of carbonyl (C=O) groups excluding carboxylic acids is 2. The molecular weight excluding hydrogens is 231 g/mol. The molecule has 1 atom stereocenters. The zero-order valence-electron chi connectivity index (χ0n) is 11.2. The number of esters is 1. The Labute approximate surface area is 125 Å². The van der Waals surface area contributed by atoms with Crippen LogP contribution in [0.1, 0.15) is 58.8 Å². The van der Waals surface area contributed by atoms with Gasteiger partial charge in [0.05, 0.1) is 12.5 Å². The zero-order valence-corrected chi connectivity index (χ0v) is 13.2. The number of unbranched alkanes of at least 4 members (excludes halogenated alkanes) is 3. The van der Waals surface area contributed by atoms with Gasteiger partial charge in [-0.2, -0.15) is 0 Å². The summed E-state index contributed by atoms with van der Waals surface area (Å²) >= 11 is 0. The second-order valence-corrected chi connectivity index (χ2v) is 4.02. The van der Waals surface area contributed by atoms with E-state index in [1.165, 1.54) is 12.8 Å². The molecule has 0 heterocycles. The zero-order chi connectivity index (χ0) is 12.4. The van der Waals surface area contributed by atoms with Gasteiger partial charge in [-0.3, -0.25) is 4.79 Å². The molecule has 0 rings (SSSR count). The predicted octanol–water partition coefficient (Wildman–Crippen LogP) is -1.58. The number of hydrogen-bond donors (Lipinski definition) is 0. The van der Waals surface area contributed by atoms with E-state index >= 15 is 0 Å². The van der Waals surface area contributed by atoms with Gasteiger partial charge in [-0.25, -0.2) is 0 Å². The van der Waals surface area contributed by atoms with Crippen molar-refractivity contribution in [1.29, 1.82) is 0 Å². The van der Waals surface area contributed by atoms with E-state index in [0.29, 0.717) is 0 Å². The van der Waals surface area contributed by atoms with Crippen molar-refractivity contribution in [3.63, 3.8) is 0 Å². The fourth-order valence-electron chi connectivity index (χ4n) is 1.40. The van der Waals surface area contributed by atoms with Crippen LogP contribution in [0.5, 0.6) is 0 Å². The summed E-state index contributed by atoms with van der Waals surface area (Å²) in [5.74, 6) is -1.67. The van der Waals surface area contributed by atoms with Crippen molar-refractivity contribution in [2.75, 3.05) is 0 Å². The molecule has 5 heteroatoms.